The third kappa shape index (κ3) is 2.97. The third-order valence-corrected chi connectivity index (χ3v) is 2.58. The Morgan fingerprint density at radius 1 is 1.47 bits per heavy atom. The Hall–Kier alpha value is -2.21. The van der Waals surface area contributed by atoms with E-state index >= 15 is 0 Å². The van der Waals surface area contributed by atoms with Crippen molar-refractivity contribution in [3.05, 3.63) is 46.0 Å². The number of ether oxygens (including phenoxy) is 2. The number of nitrogens with zero attached hydrogens (tertiary/aromatic N) is 2. The molecule has 100 valence electrons. The number of carbonyl (C=O) groups is 1. The summed E-state index contributed by atoms with van der Waals surface area (Å²) in [5, 5.41) is 0. The van der Waals surface area contributed by atoms with Crippen molar-refractivity contribution in [2.24, 2.45) is 0 Å². The fraction of sp³-hybridized carbons (Fsp3) is 0.308. The van der Waals surface area contributed by atoms with Gasteiger partial charge >= 0.3 is 5.97 Å². The van der Waals surface area contributed by atoms with E-state index in [1.807, 2.05) is 13.0 Å². The molecule has 19 heavy (non-hydrogen) atoms. The summed E-state index contributed by atoms with van der Waals surface area (Å²) in [6.07, 6.45) is 1.65. The van der Waals surface area contributed by atoms with Gasteiger partial charge in [-0.3, -0.25) is 9.20 Å². The van der Waals surface area contributed by atoms with E-state index in [1.165, 1.54) is 17.6 Å². The lowest BCUT2D eigenvalue weighted by atomic mass is 10.3. The molecule has 0 amide bonds. The van der Waals surface area contributed by atoms with E-state index < -0.39 is 5.97 Å². The molecule has 0 fully saturated rings. The van der Waals surface area contributed by atoms with Crippen molar-refractivity contribution in [1.82, 2.24) is 9.38 Å². The van der Waals surface area contributed by atoms with Crippen molar-refractivity contribution < 1.29 is 14.3 Å². The summed E-state index contributed by atoms with van der Waals surface area (Å²) >= 11 is 0. The lowest BCUT2D eigenvalue weighted by molar-refractivity contribution is -0.149. The van der Waals surface area contributed by atoms with Crippen molar-refractivity contribution in [3.8, 4) is 0 Å². The van der Waals surface area contributed by atoms with Gasteiger partial charge in [-0.05, 0) is 18.6 Å². The number of aromatic nitrogens is 2. The van der Waals surface area contributed by atoms with Gasteiger partial charge in [0.15, 0.2) is 0 Å². The number of methoxy groups -OCH3 is 1. The molecule has 0 spiro atoms. The van der Waals surface area contributed by atoms with Crippen LogP contribution < -0.4 is 5.56 Å². The lowest BCUT2D eigenvalue weighted by Crippen LogP contribution is -2.18. The molecular weight excluding hydrogens is 248 g/mol. The molecule has 0 aliphatic heterocycles. The molecule has 2 aromatic rings. The SMILES string of the molecule is COCC(=O)OCc1cc(=O)n2cccc(C)c2n1. The van der Waals surface area contributed by atoms with Crippen LogP contribution in [0, 0.1) is 6.92 Å². The highest BCUT2D eigenvalue weighted by Gasteiger charge is 2.07. The molecule has 6 nitrogen and oxygen atoms in total. The number of esters is 1. The molecule has 0 aliphatic rings. The fourth-order valence-corrected chi connectivity index (χ4v) is 1.70. The first-order chi connectivity index (χ1) is 9.11. The molecule has 0 aromatic carbocycles. The maximum absolute atomic E-state index is 11.9. The number of rotatable bonds is 4. The van der Waals surface area contributed by atoms with E-state index in [4.69, 9.17) is 4.74 Å². The summed E-state index contributed by atoms with van der Waals surface area (Å²) in [6, 6.07) is 5.00. The van der Waals surface area contributed by atoms with Crippen molar-refractivity contribution in [3.63, 3.8) is 0 Å². The van der Waals surface area contributed by atoms with Gasteiger partial charge in [-0.15, -0.1) is 0 Å². The zero-order chi connectivity index (χ0) is 13.8. The molecule has 2 heterocycles. The average molecular weight is 262 g/mol. The standard InChI is InChI=1S/C13H14N2O4/c1-9-4-3-5-15-11(16)6-10(14-13(9)15)7-19-12(17)8-18-2/h3-6H,7-8H2,1-2H3. The molecule has 0 N–H and O–H groups in total. The summed E-state index contributed by atoms with van der Waals surface area (Å²) in [5.74, 6) is -0.491. The highest BCUT2D eigenvalue weighted by molar-refractivity contribution is 5.70. The second kappa shape index (κ2) is 5.62. The Balaban J connectivity index is 2.28. The topological polar surface area (TPSA) is 69.9 Å². The summed E-state index contributed by atoms with van der Waals surface area (Å²) in [7, 11) is 1.41. The molecule has 0 radical (unpaired) electrons. The highest BCUT2D eigenvalue weighted by atomic mass is 16.6. The van der Waals surface area contributed by atoms with Crippen LogP contribution in [0.3, 0.4) is 0 Å². The second-order valence-electron chi connectivity index (χ2n) is 4.06. The molecular formula is C13H14N2O4. The maximum Gasteiger partial charge on any atom is 0.332 e. The summed E-state index contributed by atoms with van der Waals surface area (Å²) in [6.45, 7) is 1.70. The van der Waals surface area contributed by atoms with Gasteiger partial charge in [-0.25, -0.2) is 9.78 Å². The molecule has 6 heteroatoms. The Labute approximate surface area is 109 Å². The van der Waals surface area contributed by atoms with Crippen LogP contribution >= 0.6 is 0 Å². The average Bonchev–Trinajstić information content (AvgIpc) is 2.38. The molecule has 0 aliphatic carbocycles. The van der Waals surface area contributed by atoms with E-state index in [2.05, 4.69) is 9.72 Å². The molecule has 0 atom stereocenters. The number of hydrogen-bond donors (Lipinski definition) is 0. The fourth-order valence-electron chi connectivity index (χ4n) is 1.70. The molecule has 2 aromatic heterocycles. The van der Waals surface area contributed by atoms with Gasteiger partial charge in [0.05, 0.1) is 5.69 Å². The van der Waals surface area contributed by atoms with E-state index in [0.717, 1.165) is 5.56 Å². The number of hydrogen-bond acceptors (Lipinski definition) is 5. The number of pyridine rings is 1. The summed E-state index contributed by atoms with van der Waals surface area (Å²) in [4.78, 5) is 27.4. The van der Waals surface area contributed by atoms with E-state index in [-0.39, 0.29) is 18.8 Å². The maximum atomic E-state index is 11.9. The van der Waals surface area contributed by atoms with Gasteiger partial charge in [0.25, 0.3) is 5.56 Å². The van der Waals surface area contributed by atoms with Crippen LogP contribution in [0.5, 0.6) is 0 Å². The molecule has 0 unspecified atom stereocenters. The molecule has 2 rings (SSSR count). The van der Waals surface area contributed by atoms with Crippen LogP contribution in [0.2, 0.25) is 0 Å². The van der Waals surface area contributed by atoms with Crippen LogP contribution in [0.4, 0.5) is 0 Å². The van der Waals surface area contributed by atoms with Crippen molar-refractivity contribution in [2.75, 3.05) is 13.7 Å². The summed E-state index contributed by atoms with van der Waals surface area (Å²) in [5.41, 5.74) is 1.66. The molecule has 0 bridgehead atoms. The normalized spacial score (nSPS) is 10.6. The second-order valence-corrected chi connectivity index (χ2v) is 4.06. The third-order valence-electron chi connectivity index (χ3n) is 2.58. The quantitative estimate of drug-likeness (QED) is 0.758. The van der Waals surface area contributed by atoms with Crippen molar-refractivity contribution in [1.29, 1.82) is 0 Å². The van der Waals surface area contributed by atoms with Crippen molar-refractivity contribution >= 4 is 11.6 Å². The van der Waals surface area contributed by atoms with Gasteiger partial charge in [-0.1, -0.05) is 6.07 Å². The molecule has 0 saturated heterocycles. The first-order valence-corrected chi connectivity index (χ1v) is 5.74. The Morgan fingerprint density at radius 2 is 2.26 bits per heavy atom. The zero-order valence-corrected chi connectivity index (χ0v) is 10.8. The minimum atomic E-state index is -0.491. The lowest BCUT2D eigenvalue weighted by Gasteiger charge is -2.07. The van der Waals surface area contributed by atoms with Crippen molar-refractivity contribution in [2.45, 2.75) is 13.5 Å². The van der Waals surface area contributed by atoms with E-state index in [9.17, 15) is 9.59 Å². The number of fused-ring (bicyclic) bond motifs is 1. The van der Waals surface area contributed by atoms with Gasteiger partial charge in [0.1, 0.15) is 18.9 Å². The predicted molar refractivity (Wildman–Crippen MR) is 67.9 cm³/mol. The smallest absolute Gasteiger partial charge is 0.332 e. The van der Waals surface area contributed by atoms with E-state index in [1.54, 1.807) is 12.3 Å². The van der Waals surface area contributed by atoms with Gasteiger partial charge in [0, 0.05) is 19.4 Å². The van der Waals surface area contributed by atoms with E-state index in [0.29, 0.717) is 11.3 Å². The minimum Gasteiger partial charge on any atom is -0.457 e. The first-order valence-electron chi connectivity index (χ1n) is 5.74. The Morgan fingerprint density at radius 3 is 3.00 bits per heavy atom. The summed E-state index contributed by atoms with van der Waals surface area (Å²) < 4.78 is 11.0. The Kier molecular flexibility index (Phi) is 3.91. The minimum absolute atomic E-state index is 0.0394. The highest BCUT2D eigenvalue weighted by Crippen LogP contribution is 2.06. The number of carbonyl (C=O) groups excluding carboxylic acids is 1. The first kappa shape index (κ1) is 13.2. The van der Waals surface area contributed by atoms with Gasteiger partial charge < -0.3 is 9.47 Å². The van der Waals surface area contributed by atoms with Gasteiger partial charge in [-0.2, -0.15) is 0 Å². The van der Waals surface area contributed by atoms with Crippen LogP contribution in [-0.4, -0.2) is 29.1 Å². The number of aryl methyl sites for hydroxylation is 1. The molecule has 0 saturated carbocycles. The van der Waals surface area contributed by atoms with Crippen LogP contribution in [-0.2, 0) is 20.9 Å². The van der Waals surface area contributed by atoms with Gasteiger partial charge in [0.2, 0.25) is 0 Å². The zero-order valence-electron chi connectivity index (χ0n) is 10.8. The van der Waals surface area contributed by atoms with Crippen LogP contribution in [0.25, 0.3) is 5.65 Å². The monoisotopic (exact) mass is 262 g/mol. The Bertz CT molecular complexity index is 663. The van der Waals surface area contributed by atoms with Crippen LogP contribution in [0.1, 0.15) is 11.3 Å². The predicted octanol–water partition coefficient (Wildman–Crippen LogP) is 0.693. The van der Waals surface area contributed by atoms with Crippen LogP contribution in [0.15, 0.2) is 29.2 Å². The largest absolute Gasteiger partial charge is 0.457 e.